The topological polar surface area (TPSA) is 50.4 Å². The van der Waals surface area contributed by atoms with E-state index in [0.29, 0.717) is 5.82 Å². The summed E-state index contributed by atoms with van der Waals surface area (Å²) < 4.78 is 15.8. The van der Waals surface area contributed by atoms with Crippen molar-refractivity contribution in [1.82, 2.24) is 14.6 Å². The van der Waals surface area contributed by atoms with Gasteiger partial charge in [-0.3, -0.25) is 4.40 Å². The second kappa shape index (κ2) is 3.24. The number of hydrogen-bond donors (Lipinski definition) is 1. The lowest BCUT2D eigenvalue weighted by Crippen LogP contribution is -2.22. The Hall–Kier alpha value is -1.53. The van der Waals surface area contributed by atoms with Crippen molar-refractivity contribution in [3.8, 4) is 0 Å². The lowest BCUT2D eigenvalue weighted by Gasteiger charge is -2.17. The first-order valence-corrected chi connectivity index (χ1v) is 5.93. The van der Waals surface area contributed by atoms with Gasteiger partial charge in [0.05, 0.1) is 21.9 Å². The van der Waals surface area contributed by atoms with E-state index in [0.717, 1.165) is 27.1 Å². The fourth-order valence-electron chi connectivity index (χ4n) is 1.90. The summed E-state index contributed by atoms with van der Waals surface area (Å²) in [4.78, 5) is 0. The van der Waals surface area contributed by atoms with E-state index in [1.807, 2.05) is 6.07 Å². The van der Waals surface area contributed by atoms with Gasteiger partial charge < -0.3 is 5.11 Å². The van der Waals surface area contributed by atoms with Crippen LogP contribution in [-0.4, -0.2) is 19.7 Å². The molecule has 0 unspecified atom stereocenters. The molecule has 17 heavy (non-hydrogen) atoms. The third kappa shape index (κ3) is 1.52. The van der Waals surface area contributed by atoms with Crippen LogP contribution in [0.1, 0.15) is 19.7 Å². The molecule has 0 saturated heterocycles. The molecule has 0 aliphatic rings. The van der Waals surface area contributed by atoms with Gasteiger partial charge in [0.15, 0.2) is 11.0 Å². The highest BCUT2D eigenvalue weighted by Crippen LogP contribution is 2.30. The summed E-state index contributed by atoms with van der Waals surface area (Å²) >= 11 is 1.07. The zero-order valence-electron chi connectivity index (χ0n) is 9.31. The van der Waals surface area contributed by atoms with E-state index < -0.39 is 5.60 Å². The minimum Gasteiger partial charge on any atom is -0.382 e. The molecule has 0 fully saturated rings. The Morgan fingerprint density at radius 1 is 1.41 bits per heavy atom. The van der Waals surface area contributed by atoms with Gasteiger partial charge in [0, 0.05) is 6.07 Å². The second-order valence-electron chi connectivity index (χ2n) is 4.43. The van der Waals surface area contributed by atoms with E-state index in [1.165, 1.54) is 6.07 Å². The largest absolute Gasteiger partial charge is 0.382 e. The quantitative estimate of drug-likeness (QED) is 0.722. The average molecular weight is 251 g/mol. The van der Waals surface area contributed by atoms with Crippen molar-refractivity contribution in [2.45, 2.75) is 19.4 Å². The number of aromatic nitrogens is 3. The van der Waals surface area contributed by atoms with Crippen LogP contribution in [0.4, 0.5) is 4.39 Å². The summed E-state index contributed by atoms with van der Waals surface area (Å²) in [5.74, 6) is 0.405. The van der Waals surface area contributed by atoms with Crippen LogP contribution in [0, 0.1) is 5.13 Å². The number of aliphatic hydroxyl groups is 1. The van der Waals surface area contributed by atoms with E-state index in [4.69, 9.17) is 0 Å². The molecule has 4 nitrogen and oxygen atoms in total. The number of nitrogens with zero attached hydrogens (tertiary/aromatic N) is 3. The number of halogens is 1. The van der Waals surface area contributed by atoms with E-state index in [1.54, 1.807) is 24.4 Å². The van der Waals surface area contributed by atoms with Crippen LogP contribution in [-0.2, 0) is 5.60 Å². The predicted molar refractivity (Wildman–Crippen MR) is 63.6 cm³/mol. The Labute approximate surface area is 100 Å². The molecule has 0 aliphatic carbocycles. The molecule has 0 spiro atoms. The van der Waals surface area contributed by atoms with Crippen molar-refractivity contribution in [2.24, 2.45) is 0 Å². The minimum absolute atomic E-state index is 0.247. The van der Waals surface area contributed by atoms with Gasteiger partial charge in [-0.05, 0) is 19.9 Å². The van der Waals surface area contributed by atoms with Crippen LogP contribution in [0.25, 0.3) is 15.7 Å². The molecule has 0 amide bonds. The first-order valence-electron chi connectivity index (χ1n) is 5.12. The highest BCUT2D eigenvalue weighted by atomic mass is 32.1. The molecule has 0 atom stereocenters. The summed E-state index contributed by atoms with van der Waals surface area (Å²) in [6.45, 7) is 3.26. The molecular formula is C11H10FN3OS. The fourth-order valence-corrected chi connectivity index (χ4v) is 2.71. The maximum absolute atomic E-state index is 13.2. The monoisotopic (exact) mass is 251 g/mol. The molecule has 0 aliphatic heterocycles. The molecular weight excluding hydrogens is 241 g/mol. The minimum atomic E-state index is -1.13. The van der Waals surface area contributed by atoms with E-state index in [-0.39, 0.29) is 5.13 Å². The molecule has 3 aromatic rings. The van der Waals surface area contributed by atoms with Crippen LogP contribution in [0.5, 0.6) is 0 Å². The van der Waals surface area contributed by atoms with Crippen molar-refractivity contribution in [1.29, 1.82) is 0 Å². The molecule has 0 aromatic carbocycles. The van der Waals surface area contributed by atoms with Crippen LogP contribution < -0.4 is 0 Å². The summed E-state index contributed by atoms with van der Waals surface area (Å²) in [5, 5.41) is 17.6. The SMILES string of the molecule is CC(C)(O)c1nncc2cc3sc(F)cc3n12. The first-order chi connectivity index (χ1) is 7.97. The van der Waals surface area contributed by atoms with Gasteiger partial charge in [0.25, 0.3) is 0 Å². The standard InChI is InChI=1S/C11H10FN3OS/c1-11(2,16)10-14-13-5-6-3-8-7(15(6)10)4-9(12)17-8/h3-5,16H,1-2H3. The fraction of sp³-hybridized carbons (Fsp3) is 0.273. The Balaban J connectivity index is 2.50. The van der Waals surface area contributed by atoms with Crippen molar-refractivity contribution in [2.75, 3.05) is 0 Å². The summed E-state index contributed by atoms with van der Waals surface area (Å²) in [6.07, 6.45) is 1.60. The van der Waals surface area contributed by atoms with Gasteiger partial charge in [-0.2, -0.15) is 9.49 Å². The van der Waals surface area contributed by atoms with Crippen molar-refractivity contribution < 1.29 is 9.50 Å². The molecule has 3 aromatic heterocycles. The van der Waals surface area contributed by atoms with Gasteiger partial charge in [0.1, 0.15) is 5.60 Å². The van der Waals surface area contributed by atoms with Crippen LogP contribution in [0.3, 0.4) is 0 Å². The van der Waals surface area contributed by atoms with Gasteiger partial charge in [-0.25, -0.2) is 0 Å². The van der Waals surface area contributed by atoms with Crippen LogP contribution in [0.15, 0.2) is 18.3 Å². The smallest absolute Gasteiger partial charge is 0.179 e. The Morgan fingerprint density at radius 3 is 2.88 bits per heavy atom. The van der Waals surface area contributed by atoms with E-state index in [9.17, 15) is 9.50 Å². The van der Waals surface area contributed by atoms with E-state index >= 15 is 0 Å². The molecule has 3 heterocycles. The first kappa shape index (κ1) is 10.6. The van der Waals surface area contributed by atoms with Gasteiger partial charge in [0.2, 0.25) is 0 Å². The predicted octanol–water partition coefficient (Wildman–Crippen LogP) is 2.31. The van der Waals surface area contributed by atoms with Crippen molar-refractivity contribution in [3.63, 3.8) is 0 Å². The third-order valence-electron chi connectivity index (χ3n) is 2.59. The maximum Gasteiger partial charge on any atom is 0.179 e. The number of rotatable bonds is 1. The molecule has 0 saturated carbocycles. The lowest BCUT2D eigenvalue weighted by atomic mass is 10.1. The Morgan fingerprint density at radius 2 is 2.18 bits per heavy atom. The zero-order chi connectivity index (χ0) is 12.2. The average Bonchev–Trinajstić information content (AvgIpc) is 2.71. The molecule has 1 N–H and O–H groups in total. The summed E-state index contributed by atoms with van der Waals surface area (Å²) in [6, 6.07) is 3.29. The Bertz CT molecular complexity index is 710. The number of thiophene rings is 1. The highest BCUT2D eigenvalue weighted by Gasteiger charge is 2.23. The highest BCUT2D eigenvalue weighted by molar-refractivity contribution is 7.17. The normalized spacial score (nSPS) is 12.7. The molecule has 0 radical (unpaired) electrons. The molecule has 3 rings (SSSR count). The number of hydrogen-bond acceptors (Lipinski definition) is 4. The van der Waals surface area contributed by atoms with Gasteiger partial charge in [-0.1, -0.05) is 0 Å². The Kier molecular flexibility index (Phi) is 2.02. The molecule has 88 valence electrons. The van der Waals surface area contributed by atoms with Gasteiger partial charge >= 0.3 is 0 Å². The summed E-state index contributed by atoms with van der Waals surface area (Å²) in [7, 11) is 0. The lowest BCUT2D eigenvalue weighted by molar-refractivity contribution is 0.0666. The maximum atomic E-state index is 13.2. The molecule has 0 bridgehead atoms. The van der Waals surface area contributed by atoms with Crippen molar-refractivity contribution >= 4 is 27.1 Å². The second-order valence-corrected chi connectivity index (χ2v) is 5.47. The van der Waals surface area contributed by atoms with E-state index in [2.05, 4.69) is 10.2 Å². The van der Waals surface area contributed by atoms with Gasteiger partial charge in [-0.15, -0.1) is 16.4 Å². The number of fused-ring (bicyclic) bond motifs is 3. The third-order valence-corrected chi connectivity index (χ3v) is 3.45. The zero-order valence-corrected chi connectivity index (χ0v) is 10.1. The van der Waals surface area contributed by atoms with Crippen molar-refractivity contribution in [3.05, 3.63) is 29.3 Å². The van der Waals surface area contributed by atoms with Crippen LogP contribution in [0.2, 0.25) is 0 Å². The van der Waals surface area contributed by atoms with Crippen LogP contribution >= 0.6 is 11.3 Å². The summed E-state index contributed by atoms with van der Waals surface area (Å²) in [5.41, 5.74) is 0.393. The molecule has 6 heteroatoms.